The summed E-state index contributed by atoms with van der Waals surface area (Å²) in [4.78, 5) is 20.1. The first-order valence-corrected chi connectivity index (χ1v) is 3.20. The Morgan fingerprint density at radius 1 is 1.36 bits per heavy atom. The van der Waals surface area contributed by atoms with E-state index in [9.17, 15) is 19.8 Å². The molecule has 0 aromatic heterocycles. The highest BCUT2D eigenvalue weighted by molar-refractivity contribution is 5.92. The van der Waals surface area contributed by atoms with Gasteiger partial charge in [0.1, 0.15) is 0 Å². The third-order valence-electron chi connectivity index (χ3n) is 1.07. The molecule has 0 spiro atoms. The largest absolute Gasteiger partial charge is 0.545 e. The van der Waals surface area contributed by atoms with Crippen LogP contribution in [-0.4, -0.2) is 11.9 Å². The molecule has 11 heavy (non-hydrogen) atoms. The average molecular weight is 156 g/mol. The molecule has 0 N–H and O–H groups in total. The van der Waals surface area contributed by atoms with Crippen molar-refractivity contribution in [1.29, 1.82) is 0 Å². The van der Waals surface area contributed by atoms with Gasteiger partial charge in [-0.3, -0.25) is 0 Å². The van der Waals surface area contributed by atoms with Crippen LogP contribution in [0.3, 0.4) is 0 Å². The van der Waals surface area contributed by atoms with Gasteiger partial charge in [-0.2, -0.15) is 0 Å². The van der Waals surface area contributed by atoms with Crippen LogP contribution in [0.15, 0.2) is 11.6 Å². The highest BCUT2D eigenvalue weighted by Crippen LogP contribution is 2.01. The van der Waals surface area contributed by atoms with Crippen LogP contribution in [0.4, 0.5) is 0 Å². The summed E-state index contributed by atoms with van der Waals surface area (Å²) in [5, 5.41) is 20.1. The SMILES string of the molecule is CCC/C(=C\C(=O)[O-])C(=O)[O-]. The monoisotopic (exact) mass is 156 g/mol. The summed E-state index contributed by atoms with van der Waals surface area (Å²) in [6, 6.07) is 0. The maximum atomic E-state index is 10.2. The standard InChI is InChI=1S/C7H10O4/c1-2-3-5(7(10)11)4-6(8)9/h4H,2-3H2,1H3,(H,8,9)(H,10,11)/p-2/b5-4+. The first kappa shape index (κ1) is 9.68. The van der Waals surface area contributed by atoms with Crippen molar-refractivity contribution in [2.45, 2.75) is 19.8 Å². The predicted molar refractivity (Wildman–Crippen MR) is 33.0 cm³/mol. The fourth-order valence-electron chi connectivity index (χ4n) is 0.645. The smallest absolute Gasteiger partial charge is 0.0675 e. The minimum Gasteiger partial charge on any atom is -0.545 e. The minimum absolute atomic E-state index is 0.191. The second-order valence-electron chi connectivity index (χ2n) is 2.03. The van der Waals surface area contributed by atoms with E-state index < -0.39 is 11.9 Å². The highest BCUT2D eigenvalue weighted by atomic mass is 16.4. The lowest BCUT2D eigenvalue weighted by Crippen LogP contribution is -2.27. The van der Waals surface area contributed by atoms with Gasteiger partial charge in [-0.1, -0.05) is 13.3 Å². The summed E-state index contributed by atoms with van der Waals surface area (Å²) in [6.45, 7) is 1.74. The molecule has 0 bridgehead atoms. The maximum Gasteiger partial charge on any atom is 0.0675 e. The molecule has 0 saturated heterocycles. The Bertz CT molecular complexity index is 193. The molecule has 0 aromatic carbocycles. The first-order valence-electron chi connectivity index (χ1n) is 3.20. The molecular formula is C7H8O4-2. The van der Waals surface area contributed by atoms with Crippen molar-refractivity contribution in [2.24, 2.45) is 0 Å². The van der Waals surface area contributed by atoms with E-state index in [1.165, 1.54) is 0 Å². The molecule has 0 radical (unpaired) electrons. The van der Waals surface area contributed by atoms with Gasteiger partial charge in [0.2, 0.25) is 0 Å². The lowest BCUT2D eigenvalue weighted by molar-refractivity contribution is -0.303. The molecular weight excluding hydrogens is 148 g/mol. The van der Waals surface area contributed by atoms with E-state index in [-0.39, 0.29) is 12.0 Å². The second-order valence-corrected chi connectivity index (χ2v) is 2.03. The lowest BCUT2D eigenvalue weighted by Gasteiger charge is -2.06. The van der Waals surface area contributed by atoms with Crippen LogP contribution in [0, 0.1) is 0 Å². The Labute approximate surface area is 64.2 Å². The molecule has 0 saturated carbocycles. The lowest BCUT2D eigenvalue weighted by atomic mass is 10.1. The fraction of sp³-hybridized carbons (Fsp3) is 0.429. The number of hydrogen-bond acceptors (Lipinski definition) is 4. The molecule has 4 nitrogen and oxygen atoms in total. The van der Waals surface area contributed by atoms with Crippen molar-refractivity contribution in [3.8, 4) is 0 Å². The number of carbonyl (C=O) groups excluding carboxylic acids is 2. The second kappa shape index (κ2) is 4.49. The molecule has 0 aliphatic heterocycles. The van der Waals surface area contributed by atoms with Gasteiger partial charge in [0, 0.05) is 0 Å². The average Bonchev–Trinajstić information content (AvgIpc) is 1.86. The van der Waals surface area contributed by atoms with E-state index in [0.29, 0.717) is 12.5 Å². The summed E-state index contributed by atoms with van der Waals surface area (Å²) in [7, 11) is 0. The molecule has 4 heteroatoms. The van der Waals surface area contributed by atoms with Crippen LogP contribution >= 0.6 is 0 Å². The Morgan fingerprint density at radius 3 is 2.18 bits per heavy atom. The van der Waals surface area contributed by atoms with Crippen LogP contribution < -0.4 is 10.2 Å². The molecule has 0 rings (SSSR count). The van der Waals surface area contributed by atoms with Gasteiger partial charge in [-0.15, -0.1) is 0 Å². The van der Waals surface area contributed by atoms with Gasteiger partial charge in [0.05, 0.1) is 11.9 Å². The Balaban J connectivity index is 4.32. The number of carbonyl (C=O) groups is 2. The molecule has 0 aromatic rings. The fourth-order valence-corrected chi connectivity index (χ4v) is 0.645. The van der Waals surface area contributed by atoms with Crippen molar-refractivity contribution in [3.05, 3.63) is 11.6 Å². The number of carboxylic acids is 2. The summed E-state index contributed by atoms with van der Waals surface area (Å²) < 4.78 is 0. The Morgan fingerprint density at radius 2 is 1.91 bits per heavy atom. The maximum absolute atomic E-state index is 10.2. The van der Waals surface area contributed by atoms with E-state index in [1.807, 2.05) is 0 Å². The molecule has 0 amide bonds. The number of carboxylic acid groups (broad SMARTS) is 2. The summed E-state index contributed by atoms with van der Waals surface area (Å²) in [5.74, 6) is -2.95. The third-order valence-corrected chi connectivity index (χ3v) is 1.07. The Kier molecular flexibility index (Phi) is 3.95. The summed E-state index contributed by atoms with van der Waals surface area (Å²) in [5.41, 5.74) is -0.229. The number of hydrogen-bond donors (Lipinski definition) is 0. The molecule has 0 heterocycles. The molecule has 0 unspecified atom stereocenters. The van der Waals surface area contributed by atoms with E-state index in [4.69, 9.17) is 0 Å². The van der Waals surface area contributed by atoms with Crippen molar-refractivity contribution in [1.82, 2.24) is 0 Å². The van der Waals surface area contributed by atoms with E-state index in [0.717, 1.165) is 0 Å². The molecule has 0 aliphatic rings. The third kappa shape index (κ3) is 4.13. The molecule has 0 aliphatic carbocycles. The normalized spacial score (nSPS) is 11.2. The minimum atomic E-state index is -1.50. The van der Waals surface area contributed by atoms with Gasteiger partial charge in [0.25, 0.3) is 0 Å². The first-order chi connectivity index (χ1) is 5.07. The van der Waals surface area contributed by atoms with Crippen molar-refractivity contribution < 1.29 is 19.8 Å². The van der Waals surface area contributed by atoms with E-state index in [2.05, 4.69) is 0 Å². The van der Waals surface area contributed by atoms with Crippen molar-refractivity contribution in [3.63, 3.8) is 0 Å². The molecule has 62 valence electrons. The molecule has 0 fully saturated rings. The van der Waals surface area contributed by atoms with Crippen LogP contribution in [0.2, 0.25) is 0 Å². The van der Waals surface area contributed by atoms with Gasteiger partial charge in [-0.25, -0.2) is 0 Å². The van der Waals surface area contributed by atoms with Gasteiger partial charge in [-0.05, 0) is 18.1 Å². The zero-order valence-electron chi connectivity index (χ0n) is 6.12. The Hall–Kier alpha value is -1.32. The van der Waals surface area contributed by atoms with E-state index in [1.54, 1.807) is 6.92 Å². The van der Waals surface area contributed by atoms with Gasteiger partial charge in [0.15, 0.2) is 0 Å². The zero-order valence-corrected chi connectivity index (χ0v) is 6.12. The summed E-state index contributed by atoms with van der Waals surface area (Å²) in [6.07, 6.45) is 1.31. The van der Waals surface area contributed by atoms with Crippen LogP contribution in [-0.2, 0) is 9.59 Å². The topological polar surface area (TPSA) is 80.3 Å². The quantitative estimate of drug-likeness (QED) is 0.450. The summed E-state index contributed by atoms with van der Waals surface area (Å²) >= 11 is 0. The van der Waals surface area contributed by atoms with Crippen LogP contribution in [0.1, 0.15) is 19.8 Å². The number of aliphatic carboxylic acids is 2. The highest BCUT2D eigenvalue weighted by Gasteiger charge is 1.95. The van der Waals surface area contributed by atoms with Crippen molar-refractivity contribution >= 4 is 11.9 Å². The zero-order chi connectivity index (χ0) is 8.85. The van der Waals surface area contributed by atoms with Gasteiger partial charge < -0.3 is 19.8 Å². The number of rotatable bonds is 4. The molecule has 0 atom stereocenters. The van der Waals surface area contributed by atoms with E-state index >= 15 is 0 Å². The van der Waals surface area contributed by atoms with Crippen LogP contribution in [0.25, 0.3) is 0 Å². The van der Waals surface area contributed by atoms with Gasteiger partial charge >= 0.3 is 0 Å². The predicted octanol–water partition coefficient (Wildman–Crippen LogP) is -1.79. The van der Waals surface area contributed by atoms with Crippen molar-refractivity contribution in [2.75, 3.05) is 0 Å². The van der Waals surface area contributed by atoms with Crippen LogP contribution in [0.5, 0.6) is 0 Å².